The molecule has 0 amide bonds. The van der Waals surface area contributed by atoms with Crippen LogP contribution in [-0.2, 0) is 5.88 Å². The van der Waals surface area contributed by atoms with Crippen molar-refractivity contribution in [3.05, 3.63) is 17.5 Å². The largest absolute Gasteiger partial charge is 0.339 e. The molecule has 2 aliphatic rings. The summed E-state index contributed by atoms with van der Waals surface area (Å²) >= 11 is 5.85. The molecule has 2 aliphatic heterocycles. The average Bonchev–Trinajstić information content (AvgIpc) is 3.09. The zero-order chi connectivity index (χ0) is 13.2. The number of rotatable bonds is 3. The van der Waals surface area contributed by atoms with Crippen molar-refractivity contribution >= 4 is 17.5 Å². The molecule has 4 nitrogen and oxygen atoms in total. The van der Waals surface area contributed by atoms with Gasteiger partial charge in [0.25, 0.3) is 0 Å². The van der Waals surface area contributed by atoms with Crippen LogP contribution in [0.3, 0.4) is 0 Å². The van der Waals surface area contributed by atoms with Crippen LogP contribution in [0.5, 0.6) is 0 Å². The third-order valence-corrected chi connectivity index (χ3v) is 4.60. The van der Waals surface area contributed by atoms with Crippen LogP contribution in [0.2, 0.25) is 0 Å². The van der Waals surface area contributed by atoms with Gasteiger partial charge in [0.05, 0.1) is 5.88 Å². The standard InChI is InChI=1S/C14H21ClN4/c1-11-12(8-15)9-16-14(17-11)19-7-4-13(10-19)18-5-2-3-6-18/h9,13H,2-8,10H2,1H3. The van der Waals surface area contributed by atoms with E-state index in [9.17, 15) is 0 Å². The molecule has 19 heavy (non-hydrogen) atoms. The Balaban J connectivity index is 1.68. The Morgan fingerprint density at radius 2 is 2.11 bits per heavy atom. The van der Waals surface area contributed by atoms with Crippen molar-refractivity contribution in [2.45, 2.75) is 38.1 Å². The van der Waals surface area contributed by atoms with Crippen molar-refractivity contribution in [3.8, 4) is 0 Å². The van der Waals surface area contributed by atoms with E-state index in [1.165, 1.54) is 32.4 Å². The molecular formula is C14H21ClN4. The van der Waals surface area contributed by atoms with Gasteiger partial charge >= 0.3 is 0 Å². The van der Waals surface area contributed by atoms with Crippen molar-refractivity contribution in [2.75, 3.05) is 31.1 Å². The fourth-order valence-electron chi connectivity index (χ4n) is 3.09. The maximum atomic E-state index is 5.85. The maximum Gasteiger partial charge on any atom is 0.225 e. The van der Waals surface area contributed by atoms with Gasteiger partial charge < -0.3 is 4.90 Å². The number of hydrogen-bond donors (Lipinski definition) is 0. The lowest BCUT2D eigenvalue weighted by atomic mass is 10.2. The van der Waals surface area contributed by atoms with Gasteiger partial charge in [0.15, 0.2) is 0 Å². The Labute approximate surface area is 119 Å². The molecule has 0 radical (unpaired) electrons. The molecule has 1 aromatic heterocycles. The minimum absolute atomic E-state index is 0.489. The summed E-state index contributed by atoms with van der Waals surface area (Å²) < 4.78 is 0. The molecule has 2 saturated heterocycles. The predicted molar refractivity (Wildman–Crippen MR) is 77.8 cm³/mol. The number of nitrogens with zero attached hydrogens (tertiary/aromatic N) is 4. The van der Waals surface area contributed by atoms with E-state index < -0.39 is 0 Å². The summed E-state index contributed by atoms with van der Waals surface area (Å²) in [6.45, 7) is 6.69. The molecule has 0 aromatic carbocycles. The zero-order valence-electron chi connectivity index (χ0n) is 11.5. The van der Waals surface area contributed by atoms with E-state index in [1.807, 2.05) is 13.1 Å². The smallest absolute Gasteiger partial charge is 0.225 e. The first-order valence-electron chi connectivity index (χ1n) is 7.15. The van der Waals surface area contributed by atoms with Crippen molar-refractivity contribution < 1.29 is 0 Å². The van der Waals surface area contributed by atoms with Crippen molar-refractivity contribution in [3.63, 3.8) is 0 Å². The average molecular weight is 281 g/mol. The molecule has 1 unspecified atom stereocenters. The van der Waals surface area contributed by atoms with Gasteiger partial charge in [-0.25, -0.2) is 9.97 Å². The molecule has 0 bridgehead atoms. The lowest BCUT2D eigenvalue weighted by Gasteiger charge is -2.23. The number of likely N-dealkylation sites (tertiary alicyclic amines) is 1. The minimum atomic E-state index is 0.489. The van der Waals surface area contributed by atoms with Gasteiger partial charge in [0.1, 0.15) is 0 Å². The summed E-state index contributed by atoms with van der Waals surface area (Å²) in [6.07, 6.45) is 5.82. The van der Waals surface area contributed by atoms with E-state index >= 15 is 0 Å². The first-order valence-corrected chi connectivity index (χ1v) is 7.69. The van der Waals surface area contributed by atoms with E-state index in [0.717, 1.165) is 30.3 Å². The highest BCUT2D eigenvalue weighted by molar-refractivity contribution is 6.17. The second-order valence-corrected chi connectivity index (χ2v) is 5.81. The summed E-state index contributed by atoms with van der Waals surface area (Å²) in [5.74, 6) is 1.36. The van der Waals surface area contributed by atoms with E-state index in [4.69, 9.17) is 11.6 Å². The van der Waals surface area contributed by atoms with Crippen LogP contribution >= 0.6 is 11.6 Å². The van der Waals surface area contributed by atoms with Gasteiger partial charge in [-0.2, -0.15) is 0 Å². The van der Waals surface area contributed by atoms with Crippen LogP contribution in [-0.4, -0.2) is 47.1 Å². The third-order valence-electron chi connectivity index (χ3n) is 4.32. The molecule has 3 rings (SSSR count). The molecule has 1 aromatic rings. The topological polar surface area (TPSA) is 32.3 Å². The number of aryl methyl sites for hydroxylation is 1. The Morgan fingerprint density at radius 1 is 1.32 bits per heavy atom. The minimum Gasteiger partial charge on any atom is -0.339 e. The summed E-state index contributed by atoms with van der Waals surface area (Å²) in [7, 11) is 0. The summed E-state index contributed by atoms with van der Waals surface area (Å²) in [5, 5.41) is 0. The number of anilines is 1. The second-order valence-electron chi connectivity index (χ2n) is 5.55. The van der Waals surface area contributed by atoms with Crippen LogP contribution in [0.15, 0.2) is 6.20 Å². The van der Waals surface area contributed by atoms with Crippen LogP contribution in [0.25, 0.3) is 0 Å². The maximum absolute atomic E-state index is 5.85. The molecule has 0 spiro atoms. The summed E-state index contributed by atoms with van der Waals surface area (Å²) in [4.78, 5) is 14.0. The van der Waals surface area contributed by atoms with E-state index in [0.29, 0.717) is 11.9 Å². The highest BCUT2D eigenvalue weighted by atomic mass is 35.5. The van der Waals surface area contributed by atoms with Gasteiger partial charge in [-0.05, 0) is 39.3 Å². The van der Waals surface area contributed by atoms with E-state index in [1.54, 1.807) is 0 Å². The van der Waals surface area contributed by atoms with Crippen LogP contribution < -0.4 is 4.90 Å². The number of aromatic nitrogens is 2. The Kier molecular flexibility index (Phi) is 3.89. The summed E-state index contributed by atoms with van der Waals surface area (Å²) in [5.41, 5.74) is 2.03. The normalized spacial score (nSPS) is 24.3. The molecule has 5 heteroatoms. The second kappa shape index (κ2) is 5.63. The highest BCUT2D eigenvalue weighted by Gasteiger charge is 2.30. The Bertz CT molecular complexity index is 445. The first kappa shape index (κ1) is 13.1. The molecule has 0 N–H and O–H groups in total. The van der Waals surface area contributed by atoms with Crippen LogP contribution in [0.1, 0.15) is 30.5 Å². The fourth-order valence-corrected chi connectivity index (χ4v) is 3.35. The lowest BCUT2D eigenvalue weighted by Crippen LogP contribution is -2.35. The molecule has 104 valence electrons. The SMILES string of the molecule is Cc1nc(N2CCC(N3CCCC3)C2)ncc1CCl. The molecule has 2 fully saturated rings. The van der Waals surface area contributed by atoms with Crippen LogP contribution in [0, 0.1) is 6.92 Å². The molecule has 3 heterocycles. The fraction of sp³-hybridized carbons (Fsp3) is 0.714. The van der Waals surface area contributed by atoms with Crippen LogP contribution in [0.4, 0.5) is 5.95 Å². The monoisotopic (exact) mass is 280 g/mol. The highest BCUT2D eigenvalue weighted by Crippen LogP contribution is 2.23. The third kappa shape index (κ3) is 2.70. The molecular weight excluding hydrogens is 260 g/mol. The van der Waals surface area contributed by atoms with Crippen molar-refractivity contribution in [1.82, 2.24) is 14.9 Å². The van der Waals surface area contributed by atoms with Gasteiger partial charge in [0, 0.05) is 36.6 Å². The quantitative estimate of drug-likeness (QED) is 0.795. The summed E-state index contributed by atoms with van der Waals surface area (Å²) in [6, 6.07) is 0.694. The van der Waals surface area contributed by atoms with E-state index in [-0.39, 0.29) is 0 Å². The van der Waals surface area contributed by atoms with Crippen molar-refractivity contribution in [1.29, 1.82) is 0 Å². The van der Waals surface area contributed by atoms with Gasteiger partial charge in [-0.1, -0.05) is 0 Å². The van der Waals surface area contributed by atoms with Gasteiger partial charge in [-0.15, -0.1) is 11.6 Å². The van der Waals surface area contributed by atoms with E-state index in [2.05, 4.69) is 19.8 Å². The van der Waals surface area contributed by atoms with Gasteiger partial charge in [0.2, 0.25) is 5.95 Å². The van der Waals surface area contributed by atoms with Gasteiger partial charge in [-0.3, -0.25) is 4.90 Å². The zero-order valence-corrected chi connectivity index (χ0v) is 12.2. The van der Waals surface area contributed by atoms with Crippen molar-refractivity contribution in [2.24, 2.45) is 0 Å². The lowest BCUT2D eigenvalue weighted by molar-refractivity contribution is 0.260. The predicted octanol–water partition coefficient (Wildman–Crippen LogP) is 2.20. The number of hydrogen-bond acceptors (Lipinski definition) is 4. The Morgan fingerprint density at radius 3 is 2.79 bits per heavy atom. The molecule has 0 saturated carbocycles. The molecule has 0 aliphatic carbocycles. The molecule has 1 atom stereocenters. The number of halogens is 1. The first-order chi connectivity index (χ1) is 9.28. The number of alkyl halides is 1. The Hall–Kier alpha value is -0.870.